The molecule has 3 nitrogen and oxygen atoms in total. The minimum Gasteiger partial charge on any atom is -0.463 e. The monoisotopic (exact) mass is 298 g/mol. The second-order valence-corrected chi connectivity index (χ2v) is 5.78. The lowest BCUT2D eigenvalue weighted by Gasteiger charge is -2.09. The minimum absolute atomic E-state index is 0.0803. The normalized spacial score (nSPS) is 12.1. The fourth-order valence-corrected chi connectivity index (χ4v) is 2.36. The largest absolute Gasteiger partial charge is 0.463 e. The zero-order chi connectivity index (χ0) is 15.8. The van der Waals surface area contributed by atoms with Crippen molar-refractivity contribution in [3.63, 3.8) is 0 Å². The number of rotatable bonds is 15. The second-order valence-electron chi connectivity index (χ2n) is 5.78. The van der Waals surface area contributed by atoms with Gasteiger partial charge in [-0.1, -0.05) is 71.3 Å². The second kappa shape index (κ2) is 15.6. The molecule has 0 amide bonds. The molecule has 0 aromatic heterocycles. The van der Waals surface area contributed by atoms with Gasteiger partial charge in [-0.15, -0.1) is 0 Å². The Hall–Kier alpha value is -0.830. The van der Waals surface area contributed by atoms with Crippen LogP contribution in [0.5, 0.6) is 0 Å². The fourth-order valence-electron chi connectivity index (χ4n) is 2.36. The third-order valence-corrected chi connectivity index (χ3v) is 3.73. The summed E-state index contributed by atoms with van der Waals surface area (Å²) < 4.78 is 4.92. The highest BCUT2D eigenvalue weighted by atomic mass is 16.5. The van der Waals surface area contributed by atoms with Crippen molar-refractivity contribution in [2.24, 2.45) is 0 Å². The first-order valence-corrected chi connectivity index (χ1v) is 8.68. The molecule has 0 aliphatic carbocycles. The number of carbonyl (C=O) groups excluding carboxylic acids is 1. The Bertz CT molecular complexity index is 251. The Labute approximate surface area is 130 Å². The molecule has 0 heterocycles. The molecule has 3 heteroatoms. The molecule has 0 bridgehead atoms. The van der Waals surface area contributed by atoms with Crippen LogP contribution < -0.4 is 0 Å². The lowest BCUT2D eigenvalue weighted by atomic mass is 10.0. The quantitative estimate of drug-likeness (QED) is 0.269. The van der Waals surface area contributed by atoms with E-state index in [0.29, 0.717) is 6.61 Å². The van der Waals surface area contributed by atoms with Gasteiger partial charge in [-0.3, -0.25) is 0 Å². The SMILES string of the molecule is C=CC(=O)OCCCCCCCCCCC(O)CCCC. The van der Waals surface area contributed by atoms with Crippen molar-refractivity contribution in [1.82, 2.24) is 0 Å². The zero-order valence-corrected chi connectivity index (χ0v) is 13.8. The molecule has 0 spiro atoms. The van der Waals surface area contributed by atoms with E-state index in [2.05, 4.69) is 13.5 Å². The molecule has 0 radical (unpaired) electrons. The van der Waals surface area contributed by atoms with Gasteiger partial charge in [0.1, 0.15) is 0 Å². The maximum Gasteiger partial charge on any atom is 0.330 e. The van der Waals surface area contributed by atoms with Crippen LogP contribution in [0.4, 0.5) is 0 Å². The Morgan fingerprint density at radius 2 is 1.52 bits per heavy atom. The van der Waals surface area contributed by atoms with Crippen molar-refractivity contribution in [2.75, 3.05) is 6.61 Å². The van der Waals surface area contributed by atoms with Crippen LogP contribution in [0.3, 0.4) is 0 Å². The lowest BCUT2D eigenvalue weighted by Crippen LogP contribution is -2.05. The third kappa shape index (κ3) is 15.4. The Kier molecular flexibility index (Phi) is 14.9. The van der Waals surface area contributed by atoms with Gasteiger partial charge >= 0.3 is 5.97 Å². The first-order chi connectivity index (χ1) is 10.2. The minimum atomic E-state index is -0.323. The maximum absolute atomic E-state index is 10.8. The van der Waals surface area contributed by atoms with Crippen molar-refractivity contribution in [3.8, 4) is 0 Å². The van der Waals surface area contributed by atoms with Crippen LogP contribution >= 0.6 is 0 Å². The molecule has 0 fully saturated rings. The Balaban J connectivity index is 3.12. The average molecular weight is 298 g/mol. The van der Waals surface area contributed by atoms with Gasteiger partial charge < -0.3 is 9.84 Å². The summed E-state index contributed by atoms with van der Waals surface area (Å²) in [6.45, 7) is 6.04. The molecule has 0 aromatic rings. The number of ether oxygens (including phenoxy) is 1. The summed E-state index contributed by atoms with van der Waals surface area (Å²) in [4.78, 5) is 10.8. The topological polar surface area (TPSA) is 46.5 Å². The van der Waals surface area contributed by atoms with Crippen LogP contribution in [-0.4, -0.2) is 23.8 Å². The highest BCUT2D eigenvalue weighted by Crippen LogP contribution is 2.13. The summed E-state index contributed by atoms with van der Waals surface area (Å²) in [5, 5.41) is 9.72. The number of aliphatic hydroxyl groups excluding tert-OH is 1. The van der Waals surface area contributed by atoms with Crippen molar-refractivity contribution < 1.29 is 14.6 Å². The lowest BCUT2D eigenvalue weighted by molar-refractivity contribution is -0.137. The van der Waals surface area contributed by atoms with Crippen LogP contribution in [0.15, 0.2) is 12.7 Å². The van der Waals surface area contributed by atoms with E-state index in [9.17, 15) is 9.90 Å². The number of esters is 1. The predicted molar refractivity (Wildman–Crippen MR) is 88.2 cm³/mol. The van der Waals surface area contributed by atoms with Gasteiger partial charge in [0.2, 0.25) is 0 Å². The molecule has 0 rings (SSSR count). The molecule has 0 aliphatic rings. The van der Waals surface area contributed by atoms with Gasteiger partial charge in [-0.25, -0.2) is 4.79 Å². The van der Waals surface area contributed by atoms with Crippen LogP contribution in [0.2, 0.25) is 0 Å². The molecule has 1 N–H and O–H groups in total. The van der Waals surface area contributed by atoms with Gasteiger partial charge in [-0.2, -0.15) is 0 Å². The molecule has 21 heavy (non-hydrogen) atoms. The summed E-state index contributed by atoms with van der Waals surface area (Å²) in [5.74, 6) is -0.323. The average Bonchev–Trinajstić information content (AvgIpc) is 2.50. The molecular weight excluding hydrogens is 264 g/mol. The van der Waals surface area contributed by atoms with E-state index < -0.39 is 0 Å². The molecule has 0 aliphatic heterocycles. The highest BCUT2D eigenvalue weighted by Gasteiger charge is 2.02. The van der Waals surface area contributed by atoms with Gasteiger partial charge in [0, 0.05) is 6.08 Å². The van der Waals surface area contributed by atoms with Crippen molar-refractivity contribution >= 4 is 5.97 Å². The van der Waals surface area contributed by atoms with Crippen molar-refractivity contribution in [3.05, 3.63) is 12.7 Å². The van der Waals surface area contributed by atoms with Crippen LogP contribution in [0.25, 0.3) is 0 Å². The van der Waals surface area contributed by atoms with Crippen molar-refractivity contribution in [2.45, 2.75) is 90.1 Å². The maximum atomic E-state index is 10.8. The number of carbonyl (C=O) groups is 1. The molecule has 0 saturated heterocycles. The van der Waals surface area contributed by atoms with Crippen LogP contribution in [-0.2, 0) is 9.53 Å². The molecule has 1 atom stereocenters. The van der Waals surface area contributed by atoms with Gasteiger partial charge in [-0.05, 0) is 19.3 Å². The Morgan fingerprint density at radius 1 is 1.00 bits per heavy atom. The number of aliphatic hydroxyl groups is 1. The first-order valence-electron chi connectivity index (χ1n) is 8.68. The zero-order valence-electron chi connectivity index (χ0n) is 13.8. The standard InChI is InChI=1S/C18H34O3/c1-3-5-14-17(19)15-12-10-8-6-7-9-11-13-16-21-18(20)4-2/h4,17,19H,2-3,5-16H2,1H3. The van der Waals surface area contributed by atoms with E-state index in [4.69, 9.17) is 4.74 Å². The number of hydrogen-bond donors (Lipinski definition) is 1. The molecule has 124 valence electrons. The summed E-state index contributed by atoms with van der Waals surface area (Å²) >= 11 is 0. The van der Waals surface area contributed by atoms with Crippen molar-refractivity contribution in [1.29, 1.82) is 0 Å². The van der Waals surface area contributed by atoms with Gasteiger partial charge in [0.15, 0.2) is 0 Å². The number of hydrogen-bond acceptors (Lipinski definition) is 3. The summed E-state index contributed by atoms with van der Waals surface area (Å²) in [7, 11) is 0. The van der Waals surface area contributed by atoms with Crippen LogP contribution in [0.1, 0.15) is 84.0 Å². The molecule has 0 aromatic carbocycles. The van der Waals surface area contributed by atoms with E-state index in [-0.39, 0.29) is 12.1 Å². The Morgan fingerprint density at radius 3 is 2.10 bits per heavy atom. The first kappa shape index (κ1) is 20.2. The third-order valence-electron chi connectivity index (χ3n) is 3.73. The van der Waals surface area contributed by atoms with Gasteiger partial charge in [0.25, 0.3) is 0 Å². The van der Waals surface area contributed by atoms with E-state index in [1.807, 2.05) is 0 Å². The molecule has 1 unspecified atom stereocenters. The summed E-state index contributed by atoms with van der Waals surface area (Å²) in [6, 6.07) is 0. The molecular formula is C18H34O3. The number of unbranched alkanes of at least 4 members (excludes halogenated alkanes) is 8. The summed E-state index contributed by atoms with van der Waals surface area (Å²) in [5.41, 5.74) is 0. The summed E-state index contributed by atoms with van der Waals surface area (Å²) in [6.07, 6.45) is 14.9. The molecule has 0 saturated carbocycles. The van der Waals surface area contributed by atoms with Gasteiger partial charge in [0.05, 0.1) is 12.7 Å². The smallest absolute Gasteiger partial charge is 0.330 e. The highest BCUT2D eigenvalue weighted by molar-refractivity contribution is 5.81. The van der Waals surface area contributed by atoms with E-state index in [1.54, 1.807) is 0 Å². The predicted octanol–water partition coefficient (Wildman–Crippen LogP) is 4.78. The van der Waals surface area contributed by atoms with E-state index in [0.717, 1.165) is 38.5 Å². The van der Waals surface area contributed by atoms with Crippen LogP contribution in [0, 0.1) is 0 Å². The fraction of sp³-hybridized carbons (Fsp3) is 0.833. The van der Waals surface area contributed by atoms with E-state index >= 15 is 0 Å². The van der Waals surface area contributed by atoms with E-state index in [1.165, 1.54) is 44.6 Å².